The van der Waals surface area contributed by atoms with E-state index in [0.29, 0.717) is 18.7 Å². The van der Waals surface area contributed by atoms with Crippen LogP contribution in [0, 0.1) is 0 Å². The lowest BCUT2D eigenvalue weighted by molar-refractivity contribution is -0.121. The van der Waals surface area contributed by atoms with Crippen molar-refractivity contribution in [2.45, 2.75) is 17.9 Å². The van der Waals surface area contributed by atoms with Crippen LogP contribution < -0.4 is 15.8 Å². The SMILES string of the molecule is COCCNC(=O)NC(=O)CN(C)[C@H](C)c1cccc(S(N)(=O)=O)c1. The summed E-state index contributed by atoms with van der Waals surface area (Å²) in [5, 5.41) is 9.82. The summed E-state index contributed by atoms with van der Waals surface area (Å²) < 4.78 is 27.7. The molecular formula is C15H24N4O5S. The predicted molar refractivity (Wildman–Crippen MR) is 92.3 cm³/mol. The summed E-state index contributed by atoms with van der Waals surface area (Å²) in [5.41, 5.74) is 0.686. The second kappa shape index (κ2) is 9.47. The van der Waals surface area contributed by atoms with Crippen molar-refractivity contribution in [2.75, 3.05) is 33.9 Å². The Morgan fingerprint density at radius 1 is 1.36 bits per heavy atom. The van der Waals surface area contributed by atoms with Gasteiger partial charge >= 0.3 is 6.03 Å². The van der Waals surface area contributed by atoms with Crippen molar-refractivity contribution in [1.82, 2.24) is 15.5 Å². The molecule has 25 heavy (non-hydrogen) atoms. The van der Waals surface area contributed by atoms with Crippen molar-refractivity contribution < 1.29 is 22.7 Å². The minimum absolute atomic E-state index is 0.00669. The number of primary sulfonamides is 1. The van der Waals surface area contributed by atoms with Crippen LogP contribution in [0.2, 0.25) is 0 Å². The molecule has 0 saturated carbocycles. The molecule has 0 heterocycles. The Hall–Kier alpha value is -2.01. The molecule has 140 valence electrons. The molecule has 3 amide bonds. The first-order chi connectivity index (χ1) is 11.6. The minimum atomic E-state index is -3.80. The van der Waals surface area contributed by atoms with Gasteiger partial charge in [0.15, 0.2) is 0 Å². The zero-order valence-electron chi connectivity index (χ0n) is 14.5. The Balaban J connectivity index is 2.63. The number of sulfonamides is 1. The molecule has 0 aromatic heterocycles. The Kier molecular flexibility index (Phi) is 7.97. The van der Waals surface area contributed by atoms with E-state index < -0.39 is 22.0 Å². The monoisotopic (exact) mass is 372 g/mol. The summed E-state index contributed by atoms with van der Waals surface area (Å²) in [7, 11) is -0.598. The van der Waals surface area contributed by atoms with Crippen LogP contribution in [0.1, 0.15) is 18.5 Å². The molecule has 1 aromatic rings. The van der Waals surface area contributed by atoms with E-state index in [1.807, 2.05) is 6.92 Å². The second-order valence-electron chi connectivity index (χ2n) is 5.51. The summed E-state index contributed by atoms with van der Waals surface area (Å²) in [6.07, 6.45) is 0. The quantitative estimate of drug-likeness (QED) is 0.542. The first-order valence-electron chi connectivity index (χ1n) is 7.54. The number of likely N-dealkylation sites (N-methyl/N-ethyl adjacent to an activating group) is 1. The Labute approximate surface area is 147 Å². The van der Waals surface area contributed by atoms with E-state index in [2.05, 4.69) is 10.6 Å². The van der Waals surface area contributed by atoms with E-state index in [9.17, 15) is 18.0 Å². The molecule has 1 aromatic carbocycles. The summed E-state index contributed by atoms with van der Waals surface area (Å²) in [6, 6.07) is 5.34. The van der Waals surface area contributed by atoms with Gasteiger partial charge in [-0.3, -0.25) is 15.0 Å². The summed E-state index contributed by atoms with van der Waals surface area (Å²) >= 11 is 0. The van der Waals surface area contributed by atoms with Gasteiger partial charge < -0.3 is 10.1 Å². The number of nitrogens with two attached hydrogens (primary N) is 1. The van der Waals surface area contributed by atoms with E-state index in [1.54, 1.807) is 24.1 Å². The van der Waals surface area contributed by atoms with Gasteiger partial charge in [-0.2, -0.15) is 0 Å². The van der Waals surface area contributed by atoms with Crippen molar-refractivity contribution in [3.8, 4) is 0 Å². The molecule has 4 N–H and O–H groups in total. The average molecular weight is 372 g/mol. The van der Waals surface area contributed by atoms with E-state index in [0.717, 1.165) is 0 Å². The van der Waals surface area contributed by atoms with Crippen LogP contribution in [0.3, 0.4) is 0 Å². The molecule has 0 bridgehead atoms. The first kappa shape index (κ1) is 21.0. The van der Waals surface area contributed by atoms with Crippen LogP contribution in [0.25, 0.3) is 0 Å². The van der Waals surface area contributed by atoms with Crippen molar-refractivity contribution in [2.24, 2.45) is 5.14 Å². The number of carbonyl (C=O) groups is 2. The van der Waals surface area contributed by atoms with Gasteiger partial charge in [-0.1, -0.05) is 12.1 Å². The summed E-state index contributed by atoms with van der Waals surface area (Å²) in [5.74, 6) is -0.480. The van der Waals surface area contributed by atoms with Gasteiger partial charge in [0.05, 0.1) is 18.0 Å². The van der Waals surface area contributed by atoms with Crippen molar-refractivity contribution in [3.05, 3.63) is 29.8 Å². The maximum atomic E-state index is 11.9. The number of urea groups is 1. The topological polar surface area (TPSA) is 131 Å². The predicted octanol–water partition coefficient (Wildman–Crippen LogP) is -0.201. The van der Waals surface area contributed by atoms with Gasteiger partial charge in [-0.25, -0.2) is 18.4 Å². The normalized spacial score (nSPS) is 12.7. The molecule has 1 rings (SSSR count). The molecular weight excluding hydrogens is 348 g/mol. The molecule has 0 aliphatic rings. The molecule has 0 saturated heterocycles. The number of benzene rings is 1. The van der Waals surface area contributed by atoms with Gasteiger partial charge in [0, 0.05) is 19.7 Å². The number of ether oxygens (including phenoxy) is 1. The highest BCUT2D eigenvalue weighted by Gasteiger charge is 2.18. The third kappa shape index (κ3) is 7.18. The van der Waals surface area contributed by atoms with Gasteiger partial charge in [0.2, 0.25) is 15.9 Å². The van der Waals surface area contributed by atoms with Crippen LogP contribution in [-0.4, -0.2) is 59.1 Å². The zero-order valence-corrected chi connectivity index (χ0v) is 15.3. The highest BCUT2D eigenvalue weighted by atomic mass is 32.2. The number of methoxy groups -OCH3 is 1. The molecule has 1 atom stereocenters. The minimum Gasteiger partial charge on any atom is -0.383 e. The van der Waals surface area contributed by atoms with Crippen LogP contribution in [0.5, 0.6) is 0 Å². The third-order valence-corrected chi connectivity index (χ3v) is 4.48. The number of nitrogens with zero attached hydrogens (tertiary/aromatic N) is 1. The molecule has 10 heteroatoms. The maximum Gasteiger partial charge on any atom is 0.321 e. The summed E-state index contributed by atoms with van der Waals surface area (Å²) in [6.45, 7) is 2.41. The Morgan fingerprint density at radius 3 is 2.64 bits per heavy atom. The van der Waals surface area contributed by atoms with Gasteiger partial charge in [0.25, 0.3) is 0 Å². The number of rotatable bonds is 8. The summed E-state index contributed by atoms with van der Waals surface area (Å²) in [4.78, 5) is 25.1. The van der Waals surface area contributed by atoms with E-state index >= 15 is 0 Å². The van der Waals surface area contributed by atoms with Gasteiger partial charge in [-0.05, 0) is 31.7 Å². The van der Waals surface area contributed by atoms with Crippen LogP contribution in [0.4, 0.5) is 4.79 Å². The molecule has 0 fully saturated rings. The lowest BCUT2D eigenvalue weighted by Gasteiger charge is -2.24. The number of imide groups is 1. The fraction of sp³-hybridized carbons (Fsp3) is 0.467. The van der Waals surface area contributed by atoms with E-state index in [1.165, 1.54) is 19.2 Å². The fourth-order valence-electron chi connectivity index (χ4n) is 2.05. The molecule has 0 spiro atoms. The number of hydrogen-bond donors (Lipinski definition) is 3. The van der Waals surface area contributed by atoms with Gasteiger partial charge in [0.1, 0.15) is 0 Å². The Bertz CT molecular complexity index is 708. The molecule has 0 aliphatic heterocycles. The standard InChI is InChI=1S/C15H24N4O5S/c1-11(12-5-4-6-13(9-12)25(16,22)23)19(2)10-14(20)18-15(21)17-7-8-24-3/h4-6,9,11H,7-8,10H2,1-3H3,(H2,16,22,23)(H2,17,18,20,21)/t11-/m1/s1. The maximum absolute atomic E-state index is 11.9. The lowest BCUT2D eigenvalue weighted by Crippen LogP contribution is -2.44. The lowest BCUT2D eigenvalue weighted by atomic mass is 10.1. The van der Waals surface area contributed by atoms with Crippen molar-refractivity contribution >= 4 is 22.0 Å². The average Bonchev–Trinajstić information content (AvgIpc) is 2.53. The van der Waals surface area contributed by atoms with Crippen LogP contribution >= 0.6 is 0 Å². The van der Waals surface area contributed by atoms with E-state index in [4.69, 9.17) is 9.88 Å². The largest absolute Gasteiger partial charge is 0.383 e. The Morgan fingerprint density at radius 2 is 2.04 bits per heavy atom. The number of amides is 3. The van der Waals surface area contributed by atoms with Crippen molar-refractivity contribution in [3.63, 3.8) is 0 Å². The third-order valence-electron chi connectivity index (χ3n) is 3.57. The van der Waals surface area contributed by atoms with Crippen LogP contribution in [-0.2, 0) is 19.6 Å². The fourth-order valence-corrected chi connectivity index (χ4v) is 2.61. The van der Waals surface area contributed by atoms with E-state index in [-0.39, 0.29) is 17.5 Å². The molecule has 0 aliphatic carbocycles. The molecule has 9 nitrogen and oxygen atoms in total. The zero-order chi connectivity index (χ0) is 19.0. The smallest absolute Gasteiger partial charge is 0.321 e. The molecule has 0 radical (unpaired) electrons. The van der Waals surface area contributed by atoms with Gasteiger partial charge in [-0.15, -0.1) is 0 Å². The highest BCUT2D eigenvalue weighted by molar-refractivity contribution is 7.89. The second-order valence-corrected chi connectivity index (χ2v) is 7.07. The number of nitrogens with one attached hydrogen (secondary N) is 2. The number of carbonyl (C=O) groups excluding carboxylic acids is 2. The van der Waals surface area contributed by atoms with Crippen LogP contribution in [0.15, 0.2) is 29.2 Å². The van der Waals surface area contributed by atoms with Crippen molar-refractivity contribution in [1.29, 1.82) is 0 Å². The number of hydrogen-bond acceptors (Lipinski definition) is 6. The first-order valence-corrected chi connectivity index (χ1v) is 9.09. The highest BCUT2D eigenvalue weighted by Crippen LogP contribution is 2.21. The molecule has 0 unspecified atom stereocenters.